The minimum atomic E-state index is -1.18. The molecule has 4 rings (SSSR count). The Labute approximate surface area is 221 Å². The maximum Gasteiger partial charge on any atom is 0.336 e. The Morgan fingerprint density at radius 2 is 1.70 bits per heavy atom. The number of benzene rings is 3. The molecule has 1 atom stereocenters. The summed E-state index contributed by atoms with van der Waals surface area (Å²) in [6.45, 7) is 1.78. The van der Waals surface area contributed by atoms with Crippen LogP contribution in [0.5, 0.6) is 5.75 Å². The predicted octanol–water partition coefficient (Wildman–Crippen LogP) is 5.89. The first-order chi connectivity index (χ1) is 17.9. The highest BCUT2D eigenvalue weighted by molar-refractivity contribution is 8.00. The summed E-state index contributed by atoms with van der Waals surface area (Å²) in [6, 6.07) is 20.6. The third-order valence-electron chi connectivity index (χ3n) is 5.29. The molecular weight excluding hydrogens is 510 g/mol. The van der Waals surface area contributed by atoms with Gasteiger partial charge in [-0.15, -0.1) is 23.1 Å². The van der Waals surface area contributed by atoms with Gasteiger partial charge >= 0.3 is 5.97 Å². The van der Waals surface area contributed by atoms with Gasteiger partial charge in [-0.3, -0.25) is 9.59 Å². The van der Waals surface area contributed by atoms with E-state index in [1.165, 1.54) is 35.2 Å². The average Bonchev–Trinajstić information content (AvgIpc) is 3.37. The Balaban J connectivity index is 1.39. The molecule has 8 nitrogen and oxygen atoms in total. The maximum absolute atomic E-state index is 12.8. The van der Waals surface area contributed by atoms with Gasteiger partial charge in [0.1, 0.15) is 5.75 Å². The number of aromatic carboxylic acids is 1. The number of amides is 2. The molecule has 0 aliphatic rings. The van der Waals surface area contributed by atoms with Gasteiger partial charge in [0.25, 0.3) is 5.91 Å². The monoisotopic (exact) mass is 533 g/mol. The first-order valence-corrected chi connectivity index (χ1v) is 12.9. The van der Waals surface area contributed by atoms with Crippen LogP contribution >= 0.6 is 23.1 Å². The van der Waals surface area contributed by atoms with Crippen molar-refractivity contribution in [2.24, 2.45) is 0 Å². The average molecular weight is 534 g/mol. The van der Waals surface area contributed by atoms with Gasteiger partial charge in [-0.05, 0) is 49.4 Å². The van der Waals surface area contributed by atoms with Crippen molar-refractivity contribution in [3.8, 4) is 17.0 Å². The van der Waals surface area contributed by atoms with E-state index < -0.39 is 17.1 Å². The van der Waals surface area contributed by atoms with Crippen LogP contribution in [0.15, 0.2) is 83.1 Å². The molecule has 0 fully saturated rings. The molecule has 0 bridgehead atoms. The van der Waals surface area contributed by atoms with E-state index >= 15 is 0 Å². The molecule has 10 heteroatoms. The predicted molar refractivity (Wildman–Crippen MR) is 146 cm³/mol. The van der Waals surface area contributed by atoms with Crippen molar-refractivity contribution >= 4 is 51.7 Å². The Kier molecular flexibility index (Phi) is 8.22. The lowest BCUT2D eigenvalue weighted by atomic mass is 10.1. The molecule has 0 saturated heterocycles. The fourth-order valence-corrected chi connectivity index (χ4v) is 5.13. The van der Waals surface area contributed by atoms with Crippen molar-refractivity contribution in [1.29, 1.82) is 0 Å². The van der Waals surface area contributed by atoms with E-state index in [2.05, 4.69) is 15.6 Å². The van der Waals surface area contributed by atoms with Gasteiger partial charge in [-0.1, -0.05) is 30.3 Å². The highest BCUT2D eigenvalue weighted by Crippen LogP contribution is 2.32. The van der Waals surface area contributed by atoms with E-state index in [1.807, 2.05) is 35.7 Å². The largest absolute Gasteiger partial charge is 0.496 e. The Bertz CT molecular complexity index is 1450. The van der Waals surface area contributed by atoms with Crippen LogP contribution in [0.4, 0.5) is 10.8 Å². The van der Waals surface area contributed by atoms with Crippen LogP contribution < -0.4 is 15.4 Å². The highest BCUT2D eigenvalue weighted by atomic mass is 32.2. The SMILES string of the molecule is COc1ccccc1-c1csc(NC(=O)C(C)Sc2cccc(NC(=O)c3ccccc3C(=O)O)c2)n1. The quantitative estimate of drug-likeness (QED) is 0.230. The lowest BCUT2D eigenvalue weighted by Gasteiger charge is -2.12. The van der Waals surface area contributed by atoms with Gasteiger partial charge < -0.3 is 20.5 Å². The van der Waals surface area contributed by atoms with Crippen LogP contribution in [0.2, 0.25) is 0 Å². The summed E-state index contributed by atoms with van der Waals surface area (Å²) in [4.78, 5) is 42.2. The molecule has 0 aliphatic heterocycles. The number of aromatic nitrogens is 1. The molecule has 1 heterocycles. The number of carboxylic acid groups (broad SMARTS) is 1. The van der Waals surface area contributed by atoms with E-state index in [1.54, 1.807) is 44.4 Å². The number of nitrogens with one attached hydrogen (secondary N) is 2. The zero-order chi connectivity index (χ0) is 26.4. The van der Waals surface area contributed by atoms with Crippen molar-refractivity contribution in [3.05, 3.63) is 89.3 Å². The molecule has 0 spiro atoms. The van der Waals surface area contributed by atoms with Crippen molar-refractivity contribution in [1.82, 2.24) is 4.98 Å². The third-order valence-corrected chi connectivity index (χ3v) is 7.14. The van der Waals surface area contributed by atoms with Crippen molar-refractivity contribution < 1.29 is 24.2 Å². The van der Waals surface area contributed by atoms with Gasteiger partial charge in [0.05, 0.1) is 29.2 Å². The van der Waals surface area contributed by atoms with E-state index in [4.69, 9.17) is 4.74 Å². The number of thioether (sulfide) groups is 1. The number of para-hydroxylation sites is 1. The van der Waals surface area contributed by atoms with Gasteiger partial charge in [-0.2, -0.15) is 0 Å². The lowest BCUT2D eigenvalue weighted by Crippen LogP contribution is -2.22. The summed E-state index contributed by atoms with van der Waals surface area (Å²) in [5.41, 5.74) is 2.03. The molecule has 0 aliphatic carbocycles. The fourth-order valence-electron chi connectivity index (χ4n) is 3.49. The van der Waals surface area contributed by atoms with Crippen LogP contribution in [0.25, 0.3) is 11.3 Å². The smallest absolute Gasteiger partial charge is 0.336 e. The zero-order valence-electron chi connectivity index (χ0n) is 19.9. The standard InChI is InChI=1S/C27H23N3O5S2/c1-16(24(31)30-27-29-22(15-36-27)21-12-5-6-13-23(21)35-2)37-18-9-7-8-17(14-18)28-25(32)19-10-3-4-11-20(19)26(33)34/h3-16H,1-2H3,(H,28,32)(H,33,34)(H,29,30,31). The van der Waals surface area contributed by atoms with Gasteiger partial charge in [0, 0.05) is 21.5 Å². The number of nitrogens with zero attached hydrogens (tertiary/aromatic N) is 1. The fraction of sp³-hybridized carbons (Fsp3) is 0.111. The number of carbonyl (C=O) groups excluding carboxylic acids is 2. The number of rotatable bonds is 9. The van der Waals surface area contributed by atoms with Crippen LogP contribution in [0.3, 0.4) is 0 Å². The van der Waals surface area contributed by atoms with E-state index in [-0.39, 0.29) is 17.0 Å². The van der Waals surface area contributed by atoms with E-state index in [0.29, 0.717) is 22.3 Å². The number of methoxy groups -OCH3 is 1. The van der Waals surface area contributed by atoms with E-state index in [9.17, 15) is 19.5 Å². The summed E-state index contributed by atoms with van der Waals surface area (Å²) in [6.07, 6.45) is 0. The molecule has 37 heavy (non-hydrogen) atoms. The molecule has 2 amide bonds. The Morgan fingerprint density at radius 3 is 2.46 bits per heavy atom. The number of carboxylic acids is 1. The molecule has 3 N–H and O–H groups in total. The topological polar surface area (TPSA) is 118 Å². The number of thiazole rings is 1. The number of hydrogen-bond donors (Lipinski definition) is 3. The second-order valence-electron chi connectivity index (χ2n) is 7.82. The van der Waals surface area contributed by atoms with Crippen LogP contribution in [0.1, 0.15) is 27.6 Å². The van der Waals surface area contributed by atoms with Crippen LogP contribution in [-0.4, -0.2) is 40.2 Å². The third kappa shape index (κ3) is 6.35. The summed E-state index contributed by atoms with van der Waals surface area (Å²) in [5.74, 6) is -1.21. The maximum atomic E-state index is 12.8. The van der Waals surface area contributed by atoms with Crippen LogP contribution in [-0.2, 0) is 4.79 Å². The van der Waals surface area contributed by atoms with Crippen molar-refractivity contribution in [2.75, 3.05) is 17.7 Å². The normalized spacial score (nSPS) is 11.4. The Hall–Kier alpha value is -4.15. The van der Waals surface area contributed by atoms with Crippen molar-refractivity contribution in [3.63, 3.8) is 0 Å². The molecule has 3 aromatic carbocycles. The first kappa shape index (κ1) is 25.9. The van der Waals surface area contributed by atoms with Crippen LogP contribution in [0, 0.1) is 0 Å². The summed E-state index contributed by atoms with van der Waals surface area (Å²) in [7, 11) is 1.60. The second kappa shape index (κ2) is 11.7. The Morgan fingerprint density at radius 1 is 0.973 bits per heavy atom. The lowest BCUT2D eigenvalue weighted by molar-refractivity contribution is -0.115. The van der Waals surface area contributed by atoms with Crippen molar-refractivity contribution in [2.45, 2.75) is 17.1 Å². The van der Waals surface area contributed by atoms with Gasteiger partial charge in [-0.25, -0.2) is 9.78 Å². The summed E-state index contributed by atoms with van der Waals surface area (Å²) >= 11 is 2.65. The minimum Gasteiger partial charge on any atom is -0.496 e. The number of carbonyl (C=O) groups is 3. The molecule has 4 aromatic rings. The first-order valence-electron chi connectivity index (χ1n) is 11.2. The zero-order valence-corrected chi connectivity index (χ0v) is 21.6. The molecule has 188 valence electrons. The second-order valence-corrected chi connectivity index (χ2v) is 10.1. The highest BCUT2D eigenvalue weighted by Gasteiger charge is 2.19. The molecule has 0 saturated carbocycles. The molecule has 1 aromatic heterocycles. The summed E-state index contributed by atoms with van der Waals surface area (Å²) in [5, 5.41) is 16.8. The number of hydrogen-bond acceptors (Lipinski definition) is 7. The molecule has 1 unspecified atom stereocenters. The minimum absolute atomic E-state index is 0.0664. The van der Waals surface area contributed by atoms with Gasteiger partial charge in [0.15, 0.2) is 5.13 Å². The summed E-state index contributed by atoms with van der Waals surface area (Å²) < 4.78 is 5.39. The number of ether oxygens (including phenoxy) is 1. The molecular formula is C27H23N3O5S2. The number of anilines is 2. The van der Waals surface area contributed by atoms with Gasteiger partial charge in [0.2, 0.25) is 5.91 Å². The van der Waals surface area contributed by atoms with E-state index in [0.717, 1.165) is 10.5 Å². The molecule has 0 radical (unpaired) electrons.